The summed E-state index contributed by atoms with van der Waals surface area (Å²) in [6, 6.07) is 6.01. The molecular formula is C15H13ClN2O2S. The lowest BCUT2D eigenvalue weighted by Gasteiger charge is -2.02. The minimum atomic E-state index is -0.361. The number of hydrogen-bond acceptors (Lipinski definition) is 4. The number of carbonyl (C=O) groups excluding carboxylic acids is 1. The molecule has 0 N–H and O–H groups in total. The molecule has 108 valence electrons. The highest BCUT2D eigenvalue weighted by molar-refractivity contribution is 7.21. The van der Waals surface area contributed by atoms with Crippen LogP contribution < -0.4 is 0 Å². The molecule has 0 radical (unpaired) electrons. The van der Waals surface area contributed by atoms with E-state index in [0.717, 1.165) is 22.2 Å². The standard InChI is InChI=1S/C15H13ClN2O2S/c1-2-20-15(19)14-13(16)11-4-3-10(7-12(11)21-14)8-18-6-5-17-9-18/h3-7,9H,2,8H2,1H3. The van der Waals surface area contributed by atoms with Crippen molar-refractivity contribution in [3.8, 4) is 0 Å². The fourth-order valence-corrected chi connectivity index (χ4v) is 3.59. The molecule has 0 spiro atoms. The van der Waals surface area contributed by atoms with Crippen LogP contribution in [0.5, 0.6) is 0 Å². The summed E-state index contributed by atoms with van der Waals surface area (Å²) < 4.78 is 8.00. The van der Waals surface area contributed by atoms with E-state index in [-0.39, 0.29) is 5.97 Å². The molecule has 2 aromatic heterocycles. The highest BCUT2D eigenvalue weighted by atomic mass is 35.5. The number of hydrogen-bond donors (Lipinski definition) is 0. The summed E-state index contributed by atoms with van der Waals surface area (Å²) >= 11 is 7.64. The molecule has 3 rings (SSSR count). The topological polar surface area (TPSA) is 44.1 Å². The first kappa shape index (κ1) is 14.1. The molecule has 6 heteroatoms. The molecule has 0 atom stereocenters. The van der Waals surface area contributed by atoms with Gasteiger partial charge in [-0.05, 0) is 18.6 Å². The normalized spacial score (nSPS) is 11.0. The Morgan fingerprint density at radius 2 is 2.33 bits per heavy atom. The average Bonchev–Trinajstić information content (AvgIpc) is 3.08. The second-order valence-corrected chi connectivity index (χ2v) is 5.96. The third kappa shape index (κ3) is 2.80. The second-order valence-electron chi connectivity index (χ2n) is 4.53. The molecule has 0 fully saturated rings. The van der Waals surface area contributed by atoms with Gasteiger partial charge in [0.15, 0.2) is 0 Å². The highest BCUT2D eigenvalue weighted by Gasteiger charge is 2.18. The van der Waals surface area contributed by atoms with E-state index in [2.05, 4.69) is 11.1 Å². The van der Waals surface area contributed by atoms with Crippen LogP contribution in [0.15, 0.2) is 36.9 Å². The third-order valence-electron chi connectivity index (χ3n) is 3.08. The Kier molecular flexibility index (Phi) is 3.94. The quantitative estimate of drug-likeness (QED) is 0.683. The van der Waals surface area contributed by atoms with Crippen molar-refractivity contribution < 1.29 is 9.53 Å². The van der Waals surface area contributed by atoms with Crippen LogP contribution in [0.1, 0.15) is 22.2 Å². The van der Waals surface area contributed by atoms with Crippen molar-refractivity contribution in [3.05, 3.63) is 52.4 Å². The SMILES string of the molecule is CCOC(=O)c1sc2cc(Cn3ccnc3)ccc2c1Cl. The smallest absolute Gasteiger partial charge is 0.349 e. The second kappa shape index (κ2) is 5.87. The van der Waals surface area contributed by atoms with Gasteiger partial charge in [-0.2, -0.15) is 0 Å². The van der Waals surface area contributed by atoms with Gasteiger partial charge in [-0.3, -0.25) is 0 Å². The van der Waals surface area contributed by atoms with Gasteiger partial charge in [0.2, 0.25) is 0 Å². The number of carbonyl (C=O) groups is 1. The van der Waals surface area contributed by atoms with Gasteiger partial charge in [0.25, 0.3) is 0 Å². The van der Waals surface area contributed by atoms with Crippen molar-refractivity contribution in [2.45, 2.75) is 13.5 Å². The molecule has 0 amide bonds. The molecule has 2 heterocycles. The van der Waals surface area contributed by atoms with Crippen LogP contribution in [-0.2, 0) is 11.3 Å². The van der Waals surface area contributed by atoms with Crippen LogP contribution >= 0.6 is 22.9 Å². The lowest BCUT2D eigenvalue weighted by molar-refractivity contribution is 0.0532. The van der Waals surface area contributed by atoms with Crippen molar-refractivity contribution in [1.29, 1.82) is 0 Å². The monoisotopic (exact) mass is 320 g/mol. The van der Waals surface area contributed by atoms with E-state index < -0.39 is 0 Å². The van der Waals surface area contributed by atoms with Crippen molar-refractivity contribution in [2.24, 2.45) is 0 Å². The Labute approximate surface area is 130 Å². The van der Waals surface area contributed by atoms with E-state index in [1.807, 2.05) is 22.9 Å². The molecule has 3 aromatic rings. The number of nitrogens with zero attached hydrogens (tertiary/aromatic N) is 2. The van der Waals surface area contributed by atoms with Crippen LogP contribution in [0.3, 0.4) is 0 Å². The summed E-state index contributed by atoms with van der Waals surface area (Å²) in [5.41, 5.74) is 1.13. The van der Waals surface area contributed by atoms with E-state index in [4.69, 9.17) is 16.3 Å². The number of esters is 1. The fraction of sp³-hybridized carbons (Fsp3) is 0.200. The van der Waals surface area contributed by atoms with Gasteiger partial charge in [0, 0.05) is 29.0 Å². The molecule has 1 aromatic carbocycles. The van der Waals surface area contributed by atoms with Crippen LogP contribution in [-0.4, -0.2) is 22.1 Å². The molecule has 0 saturated carbocycles. The predicted octanol–water partition coefficient (Wildman–Crippen LogP) is 3.98. The summed E-state index contributed by atoms with van der Waals surface area (Å²) in [6.45, 7) is 2.86. The lowest BCUT2D eigenvalue weighted by Crippen LogP contribution is -2.02. The summed E-state index contributed by atoms with van der Waals surface area (Å²) in [5, 5.41) is 1.36. The molecule has 0 unspecified atom stereocenters. The molecule has 0 aliphatic heterocycles. The van der Waals surface area contributed by atoms with Crippen LogP contribution in [0.2, 0.25) is 5.02 Å². The van der Waals surface area contributed by atoms with E-state index in [1.54, 1.807) is 19.4 Å². The number of imidazole rings is 1. The van der Waals surface area contributed by atoms with Gasteiger partial charge in [-0.15, -0.1) is 11.3 Å². The predicted molar refractivity (Wildman–Crippen MR) is 84.1 cm³/mol. The molecule has 0 aliphatic rings. The third-order valence-corrected chi connectivity index (χ3v) is 4.72. The number of fused-ring (bicyclic) bond motifs is 1. The number of benzene rings is 1. The van der Waals surface area contributed by atoms with Gasteiger partial charge in [0.1, 0.15) is 4.88 Å². The number of ether oxygens (including phenoxy) is 1. The molecule has 0 saturated heterocycles. The molecular weight excluding hydrogens is 308 g/mol. The van der Waals surface area contributed by atoms with E-state index in [9.17, 15) is 4.79 Å². The fourth-order valence-electron chi connectivity index (χ4n) is 2.13. The maximum atomic E-state index is 11.9. The average molecular weight is 321 g/mol. The summed E-state index contributed by atoms with van der Waals surface area (Å²) in [5.74, 6) is -0.361. The van der Waals surface area contributed by atoms with Gasteiger partial charge in [-0.1, -0.05) is 23.7 Å². The van der Waals surface area contributed by atoms with E-state index in [1.165, 1.54) is 11.3 Å². The van der Waals surface area contributed by atoms with Gasteiger partial charge >= 0.3 is 5.97 Å². The van der Waals surface area contributed by atoms with Crippen molar-refractivity contribution in [1.82, 2.24) is 9.55 Å². The first-order valence-electron chi connectivity index (χ1n) is 6.53. The largest absolute Gasteiger partial charge is 0.462 e. The van der Waals surface area contributed by atoms with Crippen LogP contribution in [0.4, 0.5) is 0 Å². The van der Waals surface area contributed by atoms with Crippen molar-refractivity contribution in [2.75, 3.05) is 6.61 Å². The number of halogens is 1. The van der Waals surface area contributed by atoms with Gasteiger partial charge in [-0.25, -0.2) is 9.78 Å². The molecule has 4 nitrogen and oxygen atoms in total. The first-order chi connectivity index (χ1) is 10.2. The molecule has 0 aliphatic carbocycles. The summed E-state index contributed by atoms with van der Waals surface area (Å²) in [4.78, 5) is 16.4. The Hall–Kier alpha value is -1.85. The Morgan fingerprint density at radius 3 is 3.05 bits per heavy atom. The number of aromatic nitrogens is 2. The Morgan fingerprint density at radius 1 is 1.48 bits per heavy atom. The van der Waals surface area contributed by atoms with Crippen molar-refractivity contribution in [3.63, 3.8) is 0 Å². The Bertz CT molecular complexity index is 780. The zero-order valence-electron chi connectivity index (χ0n) is 11.4. The highest BCUT2D eigenvalue weighted by Crippen LogP contribution is 2.36. The lowest BCUT2D eigenvalue weighted by atomic mass is 10.1. The number of rotatable bonds is 4. The van der Waals surface area contributed by atoms with Gasteiger partial charge < -0.3 is 9.30 Å². The number of thiophene rings is 1. The zero-order valence-corrected chi connectivity index (χ0v) is 12.9. The Balaban J connectivity index is 1.96. The van der Waals surface area contributed by atoms with Gasteiger partial charge in [0.05, 0.1) is 18.0 Å². The first-order valence-corrected chi connectivity index (χ1v) is 7.72. The maximum Gasteiger partial charge on any atom is 0.349 e. The minimum Gasteiger partial charge on any atom is -0.462 e. The van der Waals surface area contributed by atoms with Crippen LogP contribution in [0.25, 0.3) is 10.1 Å². The van der Waals surface area contributed by atoms with E-state index in [0.29, 0.717) is 16.5 Å². The molecule has 21 heavy (non-hydrogen) atoms. The summed E-state index contributed by atoms with van der Waals surface area (Å²) in [6.07, 6.45) is 5.44. The molecule has 0 bridgehead atoms. The zero-order chi connectivity index (χ0) is 14.8. The van der Waals surface area contributed by atoms with Crippen molar-refractivity contribution >= 4 is 39.0 Å². The maximum absolute atomic E-state index is 11.9. The summed E-state index contributed by atoms with van der Waals surface area (Å²) in [7, 11) is 0. The minimum absolute atomic E-state index is 0.343. The van der Waals surface area contributed by atoms with Crippen LogP contribution in [0, 0.1) is 0 Å². The van der Waals surface area contributed by atoms with E-state index >= 15 is 0 Å².